The zero-order valence-corrected chi connectivity index (χ0v) is 20.2. The molecule has 1 saturated carbocycles. The second kappa shape index (κ2) is 8.99. The Morgan fingerprint density at radius 2 is 1.75 bits per heavy atom. The predicted molar refractivity (Wildman–Crippen MR) is 124 cm³/mol. The Morgan fingerprint density at radius 1 is 1.06 bits per heavy atom. The van der Waals surface area contributed by atoms with Crippen molar-refractivity contribution in [2.45, 2.75) is 48.5 Å². The van der Waals surface area contributed by atoms with Crippen molar-refractivity contribution in [1.29, 1.82) is 10.5 Å². The molecule has 0 bridgehead atoms. The van der Waals surface area contributed by atoms with Crippen LogP contribution in [0.1, 0.15) is 48.9 Å². The Labute approximate surface area is 206 Å². The number of alkyl halides is 3. The molecule has 7 nitrogen and oxygen atoms in total. The molecule has 36 heavy (non-hydrogen) atoms. The van der Waals surface area contributed by atoms with E-state index < -0.39 is 38.9 Å². The van der Waals surface area contributed by atoms with Gasteiger partial charge in [0.2, 0.25) is 0 Å². The van der Waals surface area contributed by atoms with E-state index in [9.17, 15) is 36.9 Å². The number of benzene rings is 2. The molecule has 1 fully saturated rings. The molecule has 0 N–H and O–H groups in total. The molecule has 11 heteroatoms. The number of carbonyl (C=O) groups excluding carboxylic acids is 1. The van der Waals surface area contributed by atoms with Crippen molar-refractivity contribution in [2.24, 2.45) is 0 Å². The molecule has 0 aromatic heterocycles. The Balaban J connectivity index is 1.90. The maximum Gasteiger partial charge on any atom is 0.416 e. The highest BCUT2D eigenvalue weighted by molar-refractivity contribution is 7.92. The van der Waals surface area contributed by atoms with Crippen molar-refractivity contribution in [1.82, 2.24) is 4.90 Å². The minimum atomic E-state index is -4.63. The van der Waals surface area contributed by atoms with Gasteiger partial charge in [-0.15, -0.1) is 0 Å². The summed E-state index contributed by atoms with van der Waals surface area (Å²) in [6.45, 7) is 1.43. The fourth-order valence-corrected chi connectivity index (χ4v) is 6.60. The molecule has 0 unspecified atom stereocenters. The zero-order valence-electron chi connectivity index (χ0n) is 19.4. The third-order valence-electron chi connectivity index (χ3n) is 6.67. The lowest BCUT2D eigenvalue weighted by atomic mass is 9.93. The minimum Gasteiger partial charge on any atom is -0.315 e. The molecule has 0 spiro atoms. The number of hydrogen-bond donors (Lipinski definition) is 0. The first kappa shape index (κ1) is 25.3. The van der Waals surface area contributed by atoms with Gasteiger partial charge >= 0.3 is 12.2 Å². The zero-order chi connectivity index (χ0) is 26.4. The lowest BCUT2D eigenvalue weighted by Crippen LogP contribution is -2.48. The number of amides is 2. The quantitative estimate of drug-likeness (QED) is 0.550. The standard InChI is InChI=1S/C25H21F3N4O3S/c1-15-21(14-30)23(20-10-9-16(13-29)11-22(20)36(34,35)19-7-4-8-19)31(2)24(33)32(15)18-6-3-5-17(12-18)25(26,27)28/h3,5-6,9-12,19,23H,4,7-8H2,1-2H3/t23-/m1/s1. The molecule has 1 aliphatic carbocycles. The molecule has 1 aliphatic heterocycles. The summed E-state index contributed by atoms with van der Waals surface area (Å²) in [5.74, 6) is 0. The van der Waals surface area contributed by atoms with E-state index in [0.29, 0.717) is 12.8 Å². The van der Waals surface area contributed by atoms with Crippen molar-refractivity contribution in [2.75, 3.05) is 11.9 Å². The maximum atomic E-state index is 13.5. The molecule has 0 saturated heterocycles. The predicted octanol–water partition coefficient (Wildman–Crippen LogP) is 5.31. The third-order valence-corrected chi connectivity index (χ3v) is 8.98. The van der Waals surface area contributed by atoms with Gasteiger partial charge in [-0.2, -0.15) is 23.7 Å². The Hall–Kier alpha value is -3.83. The monoisotopic (exact) mass is 514 g/mol. The van der Waals surface area contributed by atoms with Crippen molar-refractivity contribution >= 4 is 21.6 Å². The average Bonchev–Trinajstić information content (AvgIpc) is 2.79. The number of carbonyl (C=O) groups is 1. The van der Waals surface area contributed by atoms with Gasteiger partial charge in [-0.05, 0) is 55.7 Å². The van der Waals surface area contributed by atoms with E-state index in [1.807, 2.05) is 12.1 Å². The lowest BCUT2D eigenvalue weighted by Gasteiger charge is -2.40. The van der Waals surface area contributed by atoms with Gasteiger partial charge in [-0.3, -0.25) is 4.90 Å². The van der Waals surface area contributed by atoms with E-state index in [2.05, 4.69) is 0 Å². The number of allylic oxidation sites excluding steroid dienone is 1. The molecular formula is C25H21F3N4O3S. The summed E-state index contributed by atoms with van der Waals surface area (Å²) < 4.78 is 66.7. The molecule has 0 radical (unpaired) electrons. The van der Waals surface area contributed by atoms with E-state index in [1.165, 1.54) is 44.3 Å². The fraction of sp³-hybridized carbons (Fsp3) is 0.320. The van der Waals surface area contributed by atoms with Crippen LogP contribution < -0.4 is 4.90 Å². The number of urea groups is 1. The van der Waals surface area contributed by atoms with Crippen LogP contribution in [0.25, 0.3) is 0 Å². The van der Waals surface area contributed by atoms with Gasteiger partial charge in [-0.1, -0.05) is 18.6 Å². The molecule has 1 atom stereocenters. The van der Waals surface area contributed by atoms with E-state index in [4.69, 9.17) is 0 Å². The van der Waals surface area contributed by atoms with E-state index in [1.54, 1.807) is 0 Å². The summed E-state index contributed by atoms with van der Waals surface area (Å²) in [4.78, 5) is 15.5. The van der Waals surface area contributed by atoms with Crippen LogP contribution in [0.3, 0.4) is 0 Å². The van der Waals surface area contributed by atoms with Crippen molar-refractivity contribution in [3.63, 3.8) is 0 Å². The van der Waals surface area contributed by atoms with Gasteiger partial charge in [-0.25, -0.2) is 13.2 Å². The topological polar surface area (TPSA) is 105 Å². The van der Waals surface area contributed by atoms with Crippen LogP contribution in [0, 0.1) is 22.7 Å². The summed E-state index contributed by atoms with van der Waals surface area (Å²) in [6, 6.07) is 10.4. The molecule has 4 rings (SSSR count). The Bertz CT molecular complexity index is 1460. The number of nitrogens with zero attached hydrogens (tertiary/aromatic N) is 4. The van der Waals surface area contributed by atoms with Crippen molar-refractivity contribution in [3.8, 4) is 12.1 Å². The maximum absolute atomic E-state index is 13.5. The summed E-state index contributed by atoms with van der Waals surface area (Å²) in [7, 11) is -2.50. The molecule has 186 valence electrons. The highest BCUT2D eigenvalue weighted by Crippen LogP contribution is 2.43. The molecule has 1 heterocycles. The second-order valence-electron chi connectivity index (χ2n) is 8.75. The Kier molecular flexibility index (Phi) is 6.31. The largest absolute Gasteiger partial charge is 0.416 e. The first-order chi connectivity index (χ1) is 16.9. The van der Waals surface area contributed by atoms with Crippen LogP contribution in [-0.4, -0.2) is 31.6 Å². The molecule has 2 aromatic rings. The third kappa shape index (κ3) is 4.10. The molecule has 2 amide bonds. The number of sulfone groups is 1. The van der Waals surface area contributed by atoms with Crippen molar-refractivity contribution in [3.05, 3.63) is 70.4 Å². The average molecular weight is 515 g/mol. The van der Waals surface area contributed by atoms with Crippen LogP contribution >= 0.6 is 0 Å². The van der Waals surface area contributed by atoms with Crippen LogP contribution in [0.2, 0.25) is 0 Å². The second-order valence-corrected chi connectivity index (χ2v) is 10.9. The van der Waals surface area contributed by atoms with Gasteiger partial charge in [0.1, 0.15) is 0 Å². The highest BCUT2D eigenvalue weighted by Gasteiger charge is 2.42. The van der Waals surface area contributed by atoms with Gasteiger partial charge in [0.25, 0.3) is 0 Å². The van der Waals surface area contributed by atoms with Gasteiger partial charge in [0, 0.05) is 12.7 Å². The lowest BCUT2D eigenvalue weighted by molar-refractivity contribution is -0.137. The van der Waals surface area contributed by atoms with Crippen LogP contribution in [0.4, 0.5) is 23.7 Å². The smallest absolute Gasteiger partial charge is 0.315 e. The number of nitriles is 2. The first-order valence-corrected chi connectivity index (χ1v) is 12.6. The van der Waals surface area contributed by atoms with Crippen molar-refractivity contribution < 1.29 is 26.4 Å². The summed E-state index contributed by atoms with van der Waals surface area (Å²) in [5.41, 5.74) is -0.662. The summed E-state index contributed by atoms with van der Waals surface area (Å²) in [6.07, 6.45) is -2.93. The number of likely N-dealkylation sites (N-methyl/N-ethyl adjacent to an activating group) is 1. The van der Waals surface area contributed by atoms with Gasteiger partial charge in [0.15, 0.2) is 9.84 Å². The molecule has 2 aromatic carbocycles. The van der Waals surface area contributed by atoms with E-state index in [-0.39, 0.29) is 33.0 Å². The SMILES string of the molecule is CC1=C(C#N)[C@@H](c2ccc(C#N)cc2S(=O)(=O)C2CCC2)N(C)C(=O)N1c1cccc(C(F)(F)F)c1. The fourth-order valence-electron chi connectivity index (χ4n) is 4.49. The van der Waals surface area contributed by atoms with Crippen LogP contribution in [0.5, 0.6) is 0 Å². The normalized spacial score (nSPS) is 19.1. The van der Waals surface area contributed by atoms with Gasteiger partial charge < -0.3 is 4.90 Å². The number of anilines is 1. The molecule has 2 aliphatic rings. The first-order valence-electron chi connectivity index (χ1n) is 11.0. The summed E-state index contributed by atoms with van der Waals surface area (Å²) >= 11 is 0. The Morgan fingerprint density at radius 3 is 2.31 bits per heavy atom. The van der Waals surface area contributed by atoms with Gasteiger partial charge in [0.05, 0.1) is 50.7 Å². The van der Waals surface area contributed by atoms with Crippen LogP contribution in [0.15, 0.2) is 58.6 Å². The highest BCUT2D eigenvalue weighted by atomic mass is 32.2. The minimum absolute atomic E-state index is 0.00396. The number of hydrogen-bond acceptors (Lipinski definition) is 5. The van der Waals surface area contributed by atoms with E-state index >= 15 is 0 Å². The number of rotatable bonds is 4. The number of halogens is 3. The molecular weight excluding hydrogens is 493 g/mol. The summed E-state index contributed by atoms with van der Waals surface area (Å²) in [5, 5.41) is 18.8. The van der Waals surface area contributed by atoms with Crippen LogP contribution in [-0.2, 0) is 16.0 Å². The van der Waals surface area contributed by atoms with E-state index in [0.717, 1.165) is 28.4 Å².